The molecule has 1 N–H and O–H groups in total. The van der Waals surface area contributed by atoms with Gasteiger partial charge in [-0.2, -0.15) is 5.10 Å². The molecular weight excluding hydrogens is 559 g/mol. The summed E-state index contributed by atoms with van der Waals surface area (Å²) in [5, 5.41) is 4.89. The van der Waals surface area contributed by atoms with E-state index in [4.69, 9.17) is 9.15 Å². The van der Waals surface area contributed by atoms with E-state index in [0.717, 1.165) is 26.7 Å². The molecule has 1 heterocycles. The first-order chi connectivity index (χ1) is 14.6. The van der Waals surface area contributed by atoms with Gasteiger partial charge in [0.15, 0.2) is 5.76 Å². The van der Waals surface area contributed by atoms with Crippen molar-refractivity contribution in [3.8, 4) is 5.75 Å². The van der Waals surface area contributed by atoms with Crippen LogP contribution in [0.5, 0.6) is 5.75 Å². The lowest BCUT2D eigenvalue weighted by Gasteiger charge is -2.09. The Kier molecular flexibility index (Phi) is 6.49. The second-order valence-corrected chi connectivity index (χ2v) is 8.55. The van der Waals surface area contributed by atoms with Crippen LogP contribution in [0.1, 0.15) is 21.7 Å². The number of carbonyl (C=O) groups excluding carboxylic acids is 1. The number of halogens is 2. The van der Waals surface area contributed by atoms with Gasteiger partial charge in [-0.15, -0.1) is 0 Å². The molecule has 0 bridgehead atoms. The van der Waals surface area contributed by atoms with Crippen molar-refractivity contribution in [2.75, 3.05) is 0 Å². The van der Waals surface area contributed by atoms with Crippen LogP contribution in [0.3, 0.4) is 0 Å². The number of carbonyl (C=O) groups is 1. The van der Waals surface area contributed by atoms with Crippen molar-refractivity contribution in [3.63, 3.8) is 0 Å². The fraction of sp³-hybridized carbons (Fsp3) is 0.0435. The maximum absolute atomic E-state index is 12.2. The minimum absolute atomic E-state index is 0.217. The Labute approximate surface area is 195 Å². The molecule has 4 rings (SSSR count). The van der Waals surface area contributed by atoms with Gasteiger partial charge in [-0.25, -0.2) is 5.43 Å². The topological polar surface area (TPSA) is 63.8 Å². The van der Waals surface area contributed by atoms with Crippen molar-refractivity contribution in [1.82, 2.24) is 5.43 Å². The third kappa shape index (κ3) is 5.09. The molecule has 3 aromatic carbocycles. The van der Waals surface area contributed by atoms with Crippen LogP contribution in [0.25, 0.3) is 11.0 Å². The molecule has 0 aliphatic carbocycles. The molecule has 5 nitrogen and oxygen atoms in total. The number of nitrogens with one attached hydrogen (secondary N) is 1. The van der Waals surface area contributed by atoms with Gasteiger partial charge >= 0.3 is 5.91 Å². The summed E-state index contributed by atoms with van der Waals surface area (Å²) in [5.74, 6) is 0.546. The first kappa shape index (κ1) is 20.6. The van der Waals surface area contributed by atoms with E-state index in [-0.39, 0.29) is 5.76 Å². The molecule has 0 saturated heterocycles. The molecule has 0 aliphatic rings. The standard InChI is InChI=1S/C23H16BrIN2O3/c24-19-11-16(7-10-21(19)29-14-15-5-8-18(25)9-6-15)13-26-27-23(28)22-12-17-3-1-2-4-20(17)30-22/h1-13H,14H2,(H,27,28)/b26-13+. The van der Waals surface area contributed by atoms with E-state index in [1.165, 1.54) is 3.57 Å². The first-order valence-corrected chi connectivity index (χ1v) is 10.9. The third-order valence-corrected chi connectivity index (χ3v) is 5.63. The van der Waals surface area contributed by atoms with Crippen LogP contribution in [-0.4, -0.2) is 12.1 Å². The lowest BCUT2D eigenvalue weighted by molar-refractivity contribution is 0.0929. The quantitative estimate of drug-likeness (QED) is 0.171. The van der Waals surface area contributed by atoms with E-state index in [9.17, 15) is 4.79 Å². The fourth-order valence-electron chi connectivity index (χ4n) is 2.77. The first-order valence-electron chi connectivity index (χ1n) is 9.07. The molecule has 1 aromatic heterocycles. The van der Waals surface area contributed by atoms with E-state index in [2.05, 4.69) is 49.0 Å². The molecule has 4 aromatic rings. The Balaban J connectivity index is 1.36. The summed E-state index contributed by atoms with van der Waals surface area (Å²) in [6.45, 7) is 0.483. The summed E-state index contributed by atoms with van der Waals surface area (Å²) in [5.41, 5.74) is 5.06. The molecule has 7 heteroatoms. The Morgan fingerprint density at radius 2 is 1.90 bits per heavy atom. The van der Waals surface area contributed by atoms with Crippen LogP contribution in [0.15, 0.2) is 86.8 Å². The predicted molar refractivity (Wildman–Crippen MR) is 129 cm³/mol. The lowest BCUT2D eigenvalue weighted by atomic mass is 10.2. The average Bonchev–Trinajstić information content (AvgIpc) is 3.19. The highest BCUT2D eigenvalue weighted by atomic mass is 127. The van der Waals surface area contributed by atoms with Gasteiger partial charge in [-0.05, 0) is 92.1 Å². The van der Waals surface area contributed by atoms with Crippen LogP contribution >= 0.6 is 38.5 Å². The normalized spacial score (nSPS) is 11.1. The van der Waals surface area contributed by atoms with Crippen molar-refractivity contribution >= 4 is 61.6 Å². The summed E-state index contributed by atoms with van der Waals surface area (Å²) < 4.78 is 13.4. The van der Waals surface area contributed by atoms with Crippen LogP contribution in [0.2, 0.25) is 0 Å². The Morgan fingerprint density at radius 1 is 1.10 bits per heavy atom. The molecule has 0 spiro atoms. The summed E-state index contributed by atoms with van der Waals surface area (Å²) in [4.78, 5) is 12.2. The summed E-state index contributed by atoms with van der Waals surface area (Å²) >= 11 is 5.79. The number of ether oxygens (including phenoxy) is 1. The number of furan rings is 1. The van der Waals surface area contributed by atoms with Crippen molar-refractivity contribution in [1.29, 1.82) is 0 Å². The average molecular weight is 575 g/mol. The van der Waals surface area contributed by atoms with Crippen LogP contribution < -0.4 is 10.2 Å². The fourth-order valence-corrected chi connectivity index (χ4v) is 3.64. The second-order valence-electron chi connectivity index (χ2n) is 6.45. The molecule has 0 fully saturated rings. The monoisotopic (exact) mass is 574 g/mol. The maximum Gasteiger partial charge on any atom is 0.307 e. The minimum Gasteiger partial charge on any atom is -0.488 e. The third-order valence-electron chi connectivity index (χ3n) is 4.29. The zero-order valence-electron chi connectivity index (χ0n) is 15.6. The number of hydrazone groups is 1. The highest BCUT2D eigenvalue weighted by molar-refractivity contribution is 14.1. The van der Waals surface area contributed by atoms with E-state index in [1.807, 2.05) is 66.7 Å². The van der Waals surface area contributed by atoms with E-state index >= 15 is 0 Å². The van der Waals surface area contributed by atoms with Gasteiger partial charge in [0, 0.05) is 8.96 Å². The lowest BCUT2D eigenvalue weighted by Crippen LogP contribution is -2.16. The Bertz CT molecular complexity index is 1190. The molecule has 150 valence electrons. The van der Waals surface area contributed by atoms with Gasteiger partial charge in [0.1, 0.15) is 17.9 Å². The Hall–Kier alpha value is -2.65. The van der Waals surface area contributed by atoms with Crippen LogP contribution in [-0.2, 0) is 6.61 Å². The maximum atomic E-state index is 12.2. The highest BCUT2D eigenvalue weighted by Gasteiger charge is 2.11. The second kappa shape index (κ2) is 9.44. The van der Waals surface area contributed by atoms with Crippen molar-refractivity contribution < 1.29 is 13.9 Å². The number of benzene rings is 3. The highest BCUT2D eigenvalue weighted by Crippen LogP contribution is 2.26. The van der Waals surface area contributed by atoms with Crippen molar-refractivity contribution in [2.45, 2.75) is 6.61 Å². The molecule has 1 amide bonds. The zero-order chi connectivity index (χ0) is 20.9. The predicted octanol–water partition coefficient (Wildman–Crippen LogP) is 6.14. The molecule has 30 heavy (non-hydrogen) atoms. The largest absolute Gasteiger partial charge is 0.488 e. The number of amides is 1. The number of hydrogen-bond acceptors (Lipinski definition) is 4. The number of fused-ring (bicyclic) bond motifs is 1. The van der Waals surface area contributed by atoms with Gasteiger partial charge in [-0.1, -0.05) is 30.3 Å². The number of para-hydroxylation sites is 1. The van der Waals surface area contributed by atoms with Gasteiger partial charge in [0.05, 0.1) is 10.7 Å². The minimum atomic E-state index is -0.404. The summed E-state index contributed by atoms with van der Waals surface area (Å²) in [7, 11) is 0. The van der Waals surface area contributed by atoms with Gasteiger partial charge < -0.3 is 9.15 Å². The molecule has 0 unspecified atom stereocenters. The molecule has 0 saturated carbocycles. The Morgan fingerprint density at radius 3 is 2.67 bits per heavy atom. The SMILES string of the molecule is O=C(N/N=C/c1ccc(OCc2ccc(I)cc2)c(Br)c1)c1cc2ccccc2o1. The number of nitrogens with zero attached hydrogens (tertiary/aromatic N) is 1. The number of rotatable bonds is 6. The molecule has 0 aliphatic heterocycles. The van der Waals surface area contributed by atoms with Crippen LogP contribution in [0, 0.1) is 3.57 Å². The molecule has 0 atom stereocenters. The molecular formula is C23H16BrIN2O3. The summed E-state index contributed by atoms with van der Waals surface area (Å²) in [6, 6.07) is 22.9. The van der Waals surface area contributed by atoms with Gasteiger partial charge in [0.25, 0.3) is 0 Å². The van der Waals surface area contributed by atoms with E-state index in [0.29, 0.717) is 12.2 Å². The zero-order valence-corrected chi connectivity index (χ0v) is 19.4. The smallest absolute Gasteiger partial charge is 0.307 e. The van der Waals surface area contributed by atoms with Crippen LogP contribution in [0.4, 0.5) is 0 Å². The van der Waals surface area contributed by atoms with Crippen molar-refractivity contribution in [2.24, 2.45) is 5.10 Å². The van der Waals surface area contributed by atoms with E-state index in [1.54, 1.807) is 12.3 Å². The van der Waals surface area contributed by atoms with Gasteiger partial charge in [-0.3, -0.25) is 4.79 Å². The van der Waals surface area contributed by atoms with Crippen molar-refractivity contribution in [3.05, 3.63) is 97.7 Å². The molecule has 0 radical (unpaired) electrons. The van der Waals surface area contributed by atoms with Gasteiger partial charge in [0.2, 0.25) is 0 Å². The number of hydrogen-bond donors (Lipinski definition) is 1. The summed E-state index contributed by atoms with van der Waals surface area (Å²) in [6.07, 6.45) is 1.56. The van der Waals surface area contributed by atoms with E-state index < -0.39 is 5.91 Å².